The number of carboxylic acid groups (broad SMARTS) is 4. The summed E-state index contributed by atoms with van der Waals surface area (Å²) in [6, 6.07) is 0. The van der Waals surface area contributed by atoms with E-state index < -0.39 is 23.9 Å². The maximum absolute atomic E-state index is 10.4. The highest BCUT2D eigenvalue weighted by Crippen LogP contribution is 2.02. The number of unbranched alkanes of at least 4 members (excludes halogenated alkanes) is 1. The Kier molecular flexibility index (Phi) is 25.2. The van der Waals surface area contributed by atoms with Crippen molar-refractivity contribution in [3.8, 4) is 0 Å². The maximum Gasteiger partial charge on any atom is 0.330 e. The van der Waals surface area contributed by atoms with Crippen LogP contribution in [0.5, 0.6) is 0 Å². The van der Waals surface area contributed by atoms with Crippen molar-refractivity contribution in [3.05, 3.63) is 47.6 Å². The molecule has 0 heterocycles. The SMILES string of the molecule is C=C(C)C(=O)O.C=C(C)C(=O)O.CC(=CCCC=C(C)C(=O)O)C(=O)O.OCCO. The van der Waals surface area contributed by atoms with Crippen LogP contribution in [0.4, 0.5) is 0 Å². The van der Waals surface area contributed by atoms with Crippen LogP contribution in [-0.2, 0) is 19.2 Å². The molecule has 0 bridgehead atoms. The summed E-state index contributed by atoms with van der Waals surface area (Å²) in [6.45, 7) is 12.0. The van der Waals surface area contributed by atoms with Crippen LogP contribution in [0.25, 0.3) is 0 Å². The minimum atomic E-state index is -0.941. The van der Waals surface area contributed by atoms with Gasteiger partial charge in [0, 0.05) is 22.3 Å². The molecule has 6 N–H and O–H groups in total. The molecule has 10 heteroatoms. The Hall–Kier alpha value is -3.24. The average Bonchev–Trinajstić information content (AvgIpc) is 2.65. The maximum atomic E-state index is 10.4. The second-order valence-electron chi connectivity index (χ2n) is 5.58. The highest BCUT2D eigenvalue weighted by Gasteiger charge is 1.99. The van der Waals surface area contributed by atoms with Gasteiger partial charge in [-0.25, -0.2) is 19.2 Å². The number of aliphatic hydroxyl groups is 2. The summed E-state index contributed by atoms with van der Waals surface area (Å²) >= 11 is 0. The minimum absolute atomic E-state index is 0.125. The van der Waals surface area contributed by atoms with Crippen molar-refractivity contribution < 1.29 is 49.8 Å². The molecule has 0 unspecified atom stereocenters. The average molecular weight is 432 g/mol. The first kappa shape index (κ1) is 34.3. The third-order valence-corrected chi connectivity index (χ3v) is 2.57. The van der Waals surface area contributed by atoms with Crippen molar-refractivity contribution in [2.24, 2.45) is 0 Å². The monoisotopic (exact) mass is 432 g/mol. The molecule has 10 nitrogen and oxygen atoms in total. The molecular weight excluding hydrogens is 400 g/mol. The van der Waals surface area contributed by atoms with Gasteiger partial charge in [0.2, 0.25) is 0 Å². The van der Waals surface area contributed by atoms with Gasteiger partial charge in [0.15, 0.2) is 0 Å². The zero-order valence-electron chi connectivity index (χ0n) is 17.7. The zero-order valence-corrected chi connectivity index (χ0v) is 17.7. The number of hydrogen-bond acceptors (Lipinski definition) is 6. The molecule has 0 aromatic rings. The van der Waals surface area contributed by atoms with Crippen LogP contribution >= 0.6 is 0 Å². The van der Waals surface area contributed by atoms with Crippen molar-refractivity contribution in [2.75, 3.05) is 13.2 Å². The summed E-state index contributed by atoms with van der Waals surface area (Å²) in [5.74, 6) is -3.75. The summed E-state index contributed by atoms with van der Waals surface area (Å²) < 4.78 is 0. The van der Waals surface area contributed by atoms with Gasteiger partial charge in [-0.05, 0) is 40.5 Å². The van der Waals surface area contributed by atoms with Gasteiger partial charge in [0.25, 0.3) is 0 Å². The van der Waals surface area contributed by atoms with Gasteiger partial charge < -0.3 is 30.6 Å². The number of hydrogen-bond donors (Lipinski definition) is 6. The second kappa shape index (κ2) is 22.1. The Bertz CT molecular complexity index is 562. The van der Waals surface area contributed by atoms with E-state index >= 15 is 0 Å². The van der Waals surface area contributed by atoms with Crippen LogP contribution in [0, 0.1) is 0 Å². The second-order valence-corrected chi connectivity index (χ2v) is 5.58. The molecule has 0 aliphatic rings. The largest absolute Gasteiger partial charge is 0.478 e. The molecule has 0 atom stereocenters. The van der Waals surface area contributed by atoms with E-state index in [0.29, 0.717) is 12.8 Å². The third kappa shape index (κ3) is 32.4. The van der Waals surface area contributed by atoms with Gasteiger partial charge in [-0.1, -0.05) is 25.3 Å². The van der Waals surface area contributed by atoms with Crippen molar-refractivity contribution in [1.29, 1.82) is 0 Å². The third-order valence-electron chi connectivity index (χ3n) is 2.57. The first-order valence-electron chi connectivity index (χ1n) is 8.44. The molecule has 0 rings (SSSR count). The molecule has 0 amide bonds. The fraction of sp³-hybridized carbons (Fsp3) is 0.400. The van der Waals surface area contributed by atoms with Gasteiger partial charge in [-0.3, -0.25) is 0 Å². The van der Waals surface area contributed by atoms with E-state index in [9.17, 15) is 19.2 Å². The van der Waals surface area contributed by atoms with Crippen LogP contribution in [0.2, 0.25) is 0 Å². The van der Waals surface area contributed by atoms with Gasteiger partial charge in [-0.2, -0.15) is 0 Å². The molecule has 0 radical (unpaired) electrons. The lowest BCUT2D eigenvalue weighted by atomic mass is 10.1. The number of carbonyl (C=O) groups is 4. The Morgan fingerprint density at radius 3 is 0.900 bits per heavy atom. The van der Waals surface area contributed by atoms with Gasteiger partial charge in [0.05, 0.1) is 13.2 Å². The Morgan fingerprint density at radius 2 is 0.800 bits per heavy atom. The van der Waals surface area contributed by atoms with Crippen molar-refractivity contribution >= 4 is 23.9 Å². The van der Waals surface area contributed by atoms with Crippen molar-refractivity contribution in [1.82, 2.24) is 0 Å². The van der Waals surface area contributed by atoms with E-state index in [2.05, 4.69) is 13.2 Å². The van der Waals surface area contributed by atoms with Gasteiger partial charge >= 0.3 is 23.9 Å². The predicted octanol–water partition coefficient (Wildman–Crippen LogP) is 2.09. The van der Waals surface area contributed by atoms with E-state index in [1.54, 1.807) is 12.2 Å². The summed E-state index contributed by atoms with van der Waals surface area (Å²) in [5.41, 5.74) is 0.919. The first-order valence-corrected chi connectivity index (χ1v) is 8.44. The fourth-order valence-corrected chi connectivity index (χ4v) is 0.774. The van der Waals surface area contributed by atoms with Gasteiger partial charge in [-0.15, -0.1) is 0 Å². The number of aliphatic hydroxyl groups excluding tert-OH is 2. The highest BCUT2D eigenvalue weighted by atomic mass is 16.4. The zero-order chi connectivity index (χ0) is 24.9. The number of carboxylic acids is 4. The summed E-state index contributed by atoms with van der Waals surface area (Å²) in [4.78, 5) is 39.9. The molecule has 0 saturated heterocycles. The lowest BCUT2D eigenvalue weighted by molar-refractivity contribution is -0.133. The summed E-state index contributed by atoms with van der Waals surface area (Å²) in [5, 5.41) is 48.0. The Balaban J connectivity index is -0.000000175. The molecule has 0 aromatic carbocycles. The molecule has 0 spiro atoms. The normalized spacial score (nSPS) is 9.93. The standard InChI is InChI=1S/C10H14O4.2C4H6O2.C2H6O2/c1-7(9(11)12)5-3-4-6-8(2)10(13)14;2*1-3(2)4(5)6;3-1-2-4/h5-6H,3-4H2,1-2H3,(H,11,12)(H,13,14);2*1H2,2H3,(H,5,6);3-4H,1-2H2. The molecule has 0 saturated carbocycles. The summed E-state index contributed by atoms with van der Waals surface area (Å²) in [7, 11) is 0. The molecule has 0 fully saturated rings. The van der Waals surface area contributed by atoms with Crippen LogP contribution < -0.4 is 0 Å². The fourth-order valence-electron chi connectivity index (χ4n) is 0.774. The lowest BCUT2D eigenvalue weighted by Gasteiger charge is -1.93. The van der Waals surface area contributed by atoms with Crippen LogP contribution in [0.3, 0.4) is 0 Å². The topological polar surface area (TPSA) is 190 Å². The van der Waals surface area contributed by atoms with Crippen LogP contribution in [0.15, 0.2) is 47.6 Å². The molecular formula is C20H32O10. The molecule has 0 aliphatic carbocycles. The van der Waals surface area contributed by atoms with Crippen LogP contribution in [0.1, 0.15) is 40.5 Å². The van der Waals surface area contributed by atoms with Gasteiger partial charge in [0.1, 0.15) is 0 Å². The van der Waals surface area contributed by atoms with E-state index in [0.717, 1.165) is 0 Å². The first-order chi connectivity index (χ1) is 13.6. The molecule has 0 aromatic heterocycles. The number of allylic oxidation sites excluding steroid dienone is 2. The van der Waals surface area contributed by atoms with E-state index in [1.165, 1.54) is 27.7 Å². The summed E-state index contributed by atoms with van der Waals surface area (Å²) in [6.07, 6.45) is 4.24. The number of rotatable bonds is 8. The van der Waals surface area contributed by atoms with Crippen molar-refractivity contribution in [3.63, 3.8) is 0 Å². The highest BCUT2D eigenvalue weighted by molar-refractivity contribution is 5.86. The Labute approximate surface area is 175 Å². The Morgan fingerprint density at radius 1 is 0.600 bits per heavy atom. The van der Waals surface area contributed by atoms with E-state index in [-0.39, 0.29) is 35.5 Å². The smallest absolute Gasteiger partial charge is 0.330 e. The van der Waals surface area contributed by atoms with E-state index in [1.807, 2.05) is 0 Å². The quantitative estimate of drug-likeness (QED) is 0.244. The lowest BCUT2D eigenvalue weighted by Crippen LogP contribution is -1.96. The number of aliphatic carboxylic acids is 4. The molecule has 172 valence electrons. The van der Waals surface area contributed by atoms with E-state index in [4.69, 9.17) is 30.6 Å². The van der Waals surface area contributed by atoms with Crippen LogP contribution in [-0.4, -0.2) is 67.7 Å². The van der Waals surface area contributed by atoms with Crippen molar-refractivity contribution in [2.45, 2.75) is 40.5 Å². The predicted molar refractivity (Wildman–Crippen MR) is 111 cm³/mol. The minimum Gasteiger partial charge on any atom is -0.478 e. The molecule has 0 aliphatic heterocycles. The molecule has 30 heavy (non-hydrogen) atoms.